The Morgan fingerprint density at radius 2 is 2.30 bits per heavy atom. The molecule has 0 amide bonds. The topological polar surface area (TPSA) is 12.5 Å². The van der Waals surface area contributed by atoms with Gasteiger partial charge in [0.05, 0.1) is 6.61 Å². The van der Waals surface area contributed by atoms with Crippen molar-refractivity contribution in [3.05, 3.63) is 0 Å². The van der Waals surface area contributed by atoms with E-state index >= 15 is 0 Å². The molecule has 1 atom stereocenters. The van der Waals surface area contributed by atoms with Crippen LogP contribution in [0.1, 0.15) is 12.8 Å². The van der Waals surface area contributed by atoms with Gasteiger partial charge < -0.3 is 9.64 Å². The molecule has 0 saturated carbocycles. The van der Waals surface area contributed by atoms with Crippen molar-refractivity contribution < 1.29 is 4.74 Å². The van der Waals surface area contributed by atoms with Crippen LogP contribution < -0.4 is 0 Å². The molecule has 1 saturated heterocycles. The molecule has 1 fully saturated rings. The maximum Gasteiger partial charge on any atom is 0.0506 e. The molecule has 10 heavy (non-hydrogen) atoms. The summed E-state index contributed by atoms with van der Waals surface area (Å²) >= 11 is 0. The largest absolute Gasteiger partial charge is 0.381 e. The van der Waals surface area contributed by atoms with Crippen LogP contribution in [0.3, 0.4) is 0 Å². The molecule has 2 heteroatoms. The van der Waals surface area contributed by atoms with Crippen molar-refractivity contribution in [2.24, 2.45) is 5.92 Å². The van der Waals surface area contributed by atoms with Crippen LogP contribution >= 0.6 is 0 Å². The molecule has 0 N–H and O–H groups in total. The van der Waals surface area contributed by atoms with Gasteiger partial charge in [0.15, 0.2) is 0 Å². The van der Waals surface area contributed by atoms with Crippen LogP contribution in [-0.4, -0.2) is 38.8 Å². The minimum Gasteiger partial charge on any atom is -0.381 e. The monoisotopic (exact) mass is 143 g/mol. The zero-order valence-corrected chi connectivity index (χ0v) is 6.97. The Morgan fingerprint density at radius 1 is 1.50 bits per heavy atom. The summed E-state index contributed by atoms with van der Waals surface area (Å²) in [7, 11) is 4.24. The van der Waals surface area contributed by atoms with Gasteiger partial charge in [-0.3, -0.25) is 0 Å². The highest BCUT2D eigenvalue weighted by Gasteiger charge is 2.13. The van der Waals surface area contributed by atoms with E-state index in [9.17, 15) is 0 Å². The predicted octanol–water partition coefficient (Wildman–Crippen LogP) is 0.975. The Hall–Kier alpha value is -0.0800. The molecule has 0 aromatic heterocycles. The van der Waals surface area contributed by atoms with E-state index in [0.717, 1.165) is 19.1 Å². The van der Waals surface area contributed by atoms with E-state index in [0.29, 0.717) is 0 Å². The molecule has 0 spiro atoms. The third-order valence-corrected chi connectivity index (χ3v) is 1.88. The van der Waals surface area contributed by atoms with E-state index < -0.39 is 0 Å². The van der Waals surface area contributed by atoms with E-state index in [1.807, 2.05) is 0 Å². The lowest BCUT2D eigenvalue weighted by Gasteiger charge is -2.24. The van der Waals surface area contributed by atoms with Crippen LogP contribution in [0.2, 0.25) is 0 Å². The van der Waals surface area contributed by atoms with E-state index in [2.05, 4.69) is 19.0 Å². The number of nitrogens with zero attached hydrogens (tertiary/aromatic N) is 1. The van der Waals surface area contributed by atoms with Gasteiger partial charge in [-0.15, -0.1) is 0 Å². The first-order valence-electron chi connectivity index (χ1n) is 4.01. The van der Waals surface area contributed by atoms with Gasteiger partial charge in [0.2, 0.25) is 0 Å². The average molecular weight is 143 g/mol. The second kappa shape index (κ2) is 3.94. The Kier molecular flexibility index (Phi) is 3.16. The molecule has 1 aliphatic rings. The Balaban J connectivity index is 2.13. The van der Waals surface area contributed by atoms with Gasteiger partial charge in [-0.1, -0.05) is 0 Å². The smallest absolute Gasteiger partial charge is 0.0506 e. The third-order valence-electron chi connectivity index (χ3n) is 1.88. The third kappa shape index (κ3) is 2.67. The van der Waals surface area contributed by atoms with Gasteiger partial charge in [0.1, 0.15) is 0 Å². The molecule has 1 rings (SSSR count). The van der Waals surface area contributed by atoms with Crippen LogP contribution in [-0.2, 0) is 4.74 Å². The summed E-state index contributed by atoms with van der Waals surface area (Å²) < 4.78 is 5.36. The Bertz CT molecular complexity index is 87.3. The summed E-state index contributed by atoms with van der Waals surface area (Å²) in [5.74, 6) is 0.781. The molecule has 0 radical (unpaired) electrons. The van der Waals surface area contributed by atoms with Crippen molar-refractivity contribution in [1.82, 2.24) is 4.90 Å². The van der Waals surface area contributed by atoms with Crippen molar-refractivity contribution in [2.75, 3.05) is 33.9 Å². The molecule has 0 aromatic carbocycles. The molecule has 2 nitrogen and oxygen atoms in total. The minimum absolute atomic E-state index is 0.781. The fourth-order valence-corrected chi connectivity index (χ4v) is 1.47. The first-order valence-corrected chi connectivity index (χ1v) is 4.01. The average Bonchev–Trinajstić information content (AvgIpc) is 1.88. The van der Waals surface area contributed by atoms with Crippen LogP contribution in [0.4, 0.5) is 0 Å². The summed E-state index contributed by atoms with van der Waals surface area (Å²) in [5, 5.41) is 0. The lowest BCUT2D eigenvalue weighted by atomic mass is 10.0. The maximum atomic E-state index is 5.36. The van der Waals surface area contributed by atoms with E-state index in [-0.39, 0.29) is 0 Å². The van der Waals surface area contributed by atoms with Crippen molar-refractivity contribution in [2.45, 2.75) is 12.8 Å². The van der Waals surface area contributed by atoms with Crippen LogP contribution in [0.15, 0.2) is 0 Å². The molecule has 0 aliphatic carbocycles. The van der Waals surface area contributed by atoms with Crippen molar-refractivity contribution >= 4 is 0 Å². The molecule has 60 valence electrons. The number of rotatable bonds is 2. The van der Waals surface area contributed by atoms with E-state index in [1.165, 1.54) is 19.4 Å². The van der Waals surface area contributed by atoms with Gasteiger partial charge in [0.25, 0.3) is 0 Å². The zero-order chi connectivity index (χ0) is 7.40. The summed E-state index contributed by atoms with van der Waals surface area (Å²) in [4.78, 5) is 2.24. The Morgan fingerprint density at radius 3 is 2.80 bits per heavy atom. The lowest BCUT2D eigenvalue weighted by Crippen LogP contribution is -2.28. The van der Waals surface area contributed by atoms with Crippen molar-refractivity contribution in [3.8, 4) is 0 Å². The molecular formula is C8H17NO. The van der Waals surface area contributed by atoms with Crippen molar-refractivity contribution in [1.29, 1.82) is 0 Å². The molecule has 0 bridgehead atoms. The summed E-state index contributed by atoms with van der Waals surface area (Å²) in [6.45, 7) is 3.13. The molecule has 0 aromatic rings. The van der Waals surface area contributed by atoms with E-state index in [4.69, 9.17) is 4.74 Å². The number of hydrogen-bond acceptors (Lipinski definition) is 2. The van der Waals surface area contributed by atoms with Gasteiger partial charge >= 0.3 is 0 Å². The van der Waals surface area contributed by atoms with Gasteiger partial charge in [0, 0.05) is 13.2 Å². The number of ether oxygens (including phenoxy) is 1. The normalized spacial score (nSPS) is 27.3. The second-order valence-corrected chi connectivity index (χ2v) is 3.35. The van der Waals surface area contributed by atoms with Gasteiger partial charge in [-0.2, -0.15) is 0 Å². The Labute approximate surface area is 63.2 Å². The molecular weight excluding hydrogens is 126 g/mol. The molecule has 1 unspecified atom stereocenters. The summed E-state index contributed by atoms with van der Waals surface area (Å²) in [6.07, 6.45) is 2.59. The van der Waals surface area contributed by atoms with Crippen LogP contribution in [0.5, 0.6) is 0 Å². The maximum absolute atomic E-state index is 5.36. The molecule has 1 heterocycles. The highest BCUT2D eigenvalue weighted by molar-refractivity contribution is 4.64. The SMILES string of the molecule is CN(C)CC1CCCOC1. The standard InChI is InChI=1S/C8H17NO/c1-9(2)6-8-4-3-5-10-7-8/h8H,3-7H2,1-2H3. The summed E-state index contributed by atoms with van der Waals surface area (Å²) in [6, 6.07) is 0. The van der Waals surface area contributed by atoms with Gasteiger partial charge in [-0.05, 0) is 32.9 Å². The second-order valence-electron chi connectivity index (χ2n) is 3.35. The highest BCUT2D eigenvalue weighted by Crippen LogP contribution is 2.13. The van der Waals surface area contributed by atoms with Crippen LogP contribution in [0.25, 0.3) is 0 Å². The predicted molar refractivity (Wildman–Crippen MR) is 42.1 cm³/mol. The number of hydrogen-bond donors (Lipinski definition) is 0. The first-order chi connectivity index (χ1) is 4.79. The van der Waals surface area contributed by atoms with E-state index in [1.54, 1.807) is 0 Å². The first kappa shape index (κ1) is 8.02. The minimum atomic E-state index is 0.781. The molecule has 1 aliphatic heterocycles. The zero-order valence-electron chi connectivity index (χ0n) is 6.97. The fourth-order valence-electron chi connectivity index (χ4n) is 1.47. The highest BCUT2D eigenvalue weighted by atomic mass is 16.5. The van der Waals surface area contributed by atoms with Gasteiger partial charge in [-0.25, -0.2) is 0 Å². The van der Waals surface area contributed by atoms with Crippen LogP contribution in [0, 0.1) is 5.92 Å². The van der Waals surface area contributed by atoms with Crippen molar-refractivity contribution in [3.63, 3.8) is 0 Å². The lowest BCUT2D eigenvalue weighted by molar-refractivity contribution is 0.0449. The summed E-state index contributed by atoms with van der Waals surface area (Å²) in [5.41, 5.74) is 0. The quantitative estimate of drug-likeness (QED) is 0.571. The fraction of sp³-hybridized carbons (Fsp3) is 1.00.